The van der Waals surface area contributed by atoms with Crippen LogP contribution >= 0.6 is 0 Å². The molecule has 3 N–H and O–H groups in total. The van der Waals surface area contributed by atoms with Crippen LogP contribution in [0.1, 0.15) is 38.8 Å². The molecule has 0 saturated heterocycles. The van der Waals surface area contributed by atoms with Gasteiger partial charge in [-0.15, -0.1) is 0 Å². The standard InChI is InChI=1S/C18H30N4O/c1-6-19-17(21-13-16(23)22-18(3,4)5)20-11-10-15-9-7-8-14(2)12-15/h7-9,12H,6,10-11,13H2,1-5H3,(H,22,23)(H2,19,20,21). The molecule has 0 aromatic heterocycles. The highest BCUT2D eigenvalue weighted by Crippen LogP contribution is 2.03. The van der Waals surface area contributed by atoms with Crippen molar-refractivity contribution in [3.63, 3.8) is 0 Å². The molecule has 0 unspecified atom stereocenters. The number of aryl methyl sites for hydroxylation is 1. The van der Waals surface area contributed by atoms with Gasteiger partial charge in [0.05, 0.1) is 0 Å². The van der Waals surface area contributed by atoms with Gasteiger partial charge in [-0.2, -0.15) is 0 Å². The van der Waals surface area contributed by atoms with E-state index in [1.54, 1.807) is 0 Å². The van der Waals surface area contributed by atoms with E-state index in [2.05, 4.69) is 52.1 Å². The number of rotatable bonds is 6. The molecule has 0 atom stereocenters. The normalized spacial score (nSPS) is 12.0. The van der Waals surface area contributed by atoms with Crippen molar-refractivity contribution in [1.29, 1.82) is 0 Å². The number of amides is 1. The van der Waals surface area contributed by atoms with Crippen LogP contribution < -0.4 is 16.0 Å². The zero-order valence-corrected chi connectivity index (χ0v) is 15.0. The van der Waals surface area contributed by atoms with Crippen LogP contribution in [0.2, 0.25) is 0 Å². The van der Waals surface area contributed by atoms with E-state index < -0.39 is 0 Å². The fraction of sp³-hybridized carbons (Fsp3) is 0.556. The largest absolute Gasteiger partial charge is 0.357 e. The Hall–Kier alpha value is -2.04. The summed E-state index contributed by atoms with van der Waals surface area (Å²) >= 11 is 0. The average Bonchev–Trinajstić information content (AvgIpc) is 2.43. The van der Waals surface area contributed by atoms with E-state index in [9.17, 15) is 4.79 Å². The number of aliphatic imine (C=N–C) groups is 1. The molecule has 23 heavy (non-hydrogen) atoms. The van der Waals surface area contributed by atoms with Gasteiger partial charge in [0, 0.05) is 18.6 Å². The molecule has 128 valence electrons. The molecule has 0 radical (unpaired) electrons. The molecule has 0 aliphatic rings. The Morgan fingerprint density at radius 2 is 1.96 bits per heavy atom. The first-order chi connectivity index (χ1) is 10.8. The lowest BCUT2D eigenvalue weighted by Crippen LogP contribution is -2.43. The van der Waals surface area contributed by atoms with E-state index in [1.165, 1.54) is 11.1 Å². The van der Waals surface area contributed by atoms with Gasteiger partial charge in [-0.3, -0.25) is 4.79 Å². The Morgan fingerprint density at radius 3 is 2.57 bits per heavy atom. The summed E-state index contributed by atoms with van der Waals surface area (Å²) in [5.74, 6) is 0.595. The maximum Gasteiger partial charge on any atom is 0.242 e. The van der Waals surface area contributed by atoms with Crippen LogP contribution in [0.3, 0.4) is 0 Å². The van der Waals surface area contributed by atoms with E-state index in [4.69, 9.17) is 0 Å². The zero-order chi connectivity index (χ0) is 17.3. The van der Waals surface area contributed by atoms with Gasteiger partial charge in [0.2, 0.25) is 5.91 Å². The van der Waals surface area contributed by atoms with Crippen molar-refractivity contribution < 1.29 is 4.79 Å². The zero-order valence-electron chi connectivity index (χ0n) is 15.0. The van der Waals surface area contributed by atoms with E-state index in [0.29, 0.717) is 5.96 Å². The number of carbonyl (C=O) groups excluding carboxylic acids is 1. The molecule has 5 nitrogen and oxygen atoms in total. The summed E-state index contributed by atoms with van der Waals surface area (Å²) in [6.45, 7) is 11.6. The summed E-state index contributed by atoms with van der Waals surface area (Å²) in [6.07, 6.45) is 0.917. The van der Waals surface area contributed by atoms with Gasteiger partial charge in [-0.1, -0.05) is 29.8 Å². The maximum atomic E-state index is 11.8. The third-order valence-corrected chi connectivity index (χ3v) is 3.03. The quantitative estimate of drug-likeness (QED) is 0.555. The number of nitrogens with one attached hydrogen (secondary N) is 3. The van der Waals surface area contributed by atoms with Crippen molar-refractivity contribution in [2.75, 3.05) is 19.6 Å². The van der Waals surface area contributed by atoms with Crippen LogP contribution in [0.15, 0.2) is 29.3 Å². The van der Waals surface area contributed by atoms with Gasteiger partial charge in [-0.05, 0) is 46.6 Å². The smallest absolute Gasteiger partial charge is 0.242 e. The van der Waals surface area contributed by atoms with Crippen LogP contribution in [0.25, 0.3) is 0 Å². The van der Waals surface area contributed by atoms with Crippen molar-refractivity contribution in [3.8, 4) is 0 Å². The van der Waals surface area contributed by atoms with Crippen LogP contribution in [0, 0.1) is 6.92 Å². The molecule has 0 spiro atoms. The van der Waals surface area contributed by atoms with E-state index in [1.807, 2.05) is 27.7 Å². The predicted octanol–water partition coefficient (Wildman–Crippen LogP) is 2.01. The Bertz CT molecular complexity index is 532. The maximum absolute atomic E-state index is 11.8. The minimum absolute atomic E-state index is 0.0756. The fourth-order valence-electron chi connectivity index (χ4n) is 2.14. The molecule has 1 rings (SSSR count). The fourth-order valence-corrected chi connectivity index (χ4v) is 2.14. The summed E-state index contributed by atoms with van der Waals surface area (Å²) in [5, 5.41) is 9.33. The molecule has 0 heterocycles. The lowest BCUT2D eigenvalue weighted by atomic mass is 10.1. The molecule has 0 aliphatic heterocycles. The molecule has 0 fully saturated rings. The van der Waals surface area contributed by atoms with Gasteiger partial charge in [0.25, 0.3) is 0 Å². The first kappa shape index (κ1) is 19.0. The summed E-state index contributed by atoms with van der Waals surface area (Å²) in [4.78, 5) is 16.2. The van der Waals surface area contributed by atoms with Crippen molar-refractivity contribution in [1.82, 2.24) is 16.0 Å². The topological polar surface area (TPSA) is 65.5 Å². The van der Waals surface area contributed by atoms with Crippen molar-refractivity contribution >= 4 is 11.9 Å². The van der Waals surface area contributed by atoms with E-state index >= 15 is 0 Å². The third kappa shape index (κ3) is 8.86. The van der Waals surface area contributed by atoms with Gasteiger partial charge < -0.3 is 16.0 Å². The third-order valence-electron chi connectivity index (χ3n) is 3.03. The minimum atomic E-state index is -0.233. The number of benzene rings is 1. The van der Waals surface area contributed by atoms with Gasteiger partial charge in [0.15, 0.2) is 5.96 Å². The molecule has 0 bridgehead atoms. The molecule has 1 amide bonds. The summed E-state index contributed by atoms with van der Waals surface area (Å²) in [5.41, 5.74) is 2.32. The Balaban J connectivity index is 2.47. The van der Waals surface area contributed by atoms with Crippen LogP contribution in [0.4, 0.5) is 0 Å². The van der Waals surface area contributed by atoms with Crippen LogP contribution in [0.5, 0.6) is 0 Å². The Kier molecular flexibility index (Phi) is 7.59. The second-order valence-corrected chi connectivity index (χ2v) is 6.66. The molecule has 0 saturated carbocycles. The number of guanidine groups is 1. The molecule has 1 aromatic rings. The van der Waals surface area contributed by atoms with Gasteiger partial charge >= 0.3 is 0 Å². The average molecular weight is 318 g/mol. The second-order valence-electron chi connectivity index (χ2n) is 6.66. The molecular formula is C18H30N4O. The summed E-state index contributed by atoms with van der Waals surface area (Å²) in [6, 6.07) is 8.47. The highest BCUT2D eigenvalue weighted by atomic mass is 16.2. The van der Waals surface area contributed by atoms with Gasteiger partial charge in [0.1, 0.15) is 6.54 Å². The van der Waals surface area contributed by atoms with Gasteiger partial charge in [-0.25, -0.2) is 4.99 Å². The van der Waals surface area contributed by atoms with Crippen LogP contribution in [-0.4, -0.2) is 37.0 Å². The first-order valence-corrected chi connectivity index (χ1v) is 8.19. The molecular weight excluding hydrogens is 288 g/mol. The predicted molar refractivity (Wildman–Crippen MR) is 96.8 cm³/mol. The SMILES string of the molecule is CCNC(=NCC(=O)NC(C)(C)C)NCCc1cccc(C)c1. The Labute approximate surface area is 140 Å². The molecule has 0 aliphatic carbocycles. The lowest BCUT2D eigenvalue weighted by Gasteiger charge is -2.20. The first-order valence-electron chi connectivity index (χ1n) is 8.19. The summed E-state index contributed by atoms with van der Waals surface area (Å²) < 4.78 is 0. The van der Waals surface area contributed by atoms with Crippen molar-refractivity contribution in [3.05, 3.63) is 35.4 Å². The number of hydrogen-bond donors (Lipinski definition) is 3. The second kappa shape index (κ2) is 9.18. The highest BCUT2D eigenvalue weighted by molar-refractivity contribution is 5.85. The van der Waals surface area contributed by atoms with E-state index in [0.717, 1.165) is 19.5 Å². The van der Waals surface area contributed by atoms with E-state index in [-0.39, 0.29) is 18.0 Å². The lowest BCUT2D eigenvalue weighted by molar-refractivity contribution is -0.121. The Morgan fingerprint density at radius 1 is 1.22 bits per heavy atom. The van der Waals surface area contributed by atoms with Crippen molar-refractivity contribution in [2.24, 2.45) is 4.99 Å². The number of carbonyl (C=O) groups is 1. The van der Waals surface area contributed by atoms with Crippen LogP contribution in [-0.2, 0) is 11.2 Å². The summed E-state index contributed by atoms with van der Waals surface area (Å²) in [7, 11) is 0. The number of nitrogens with zero attached hydrogens (tertiary/aromatic N) is 1. The monoisotopic (exact) mass is 318 g/mol. The molecule has 1 aromatic carbocycles. The molecule has 5 heteroatoms. The van der Waals surface area contributed by atoms with Crippen molar-refractivity contribution in [2.45, 2.75) is 46.6 Å². The number of hydrogen-bond acceptors (Lipinski definition) is 2. The minimum Gasteiger partial charge on any atom is -0.357 e. The highest BCUT2D eigenvalue weighted by Gasteiger charge is 2.13.